The third-order valence-corrected chi connectivity index (χ3v) is 5.16. The van der Waals surface area contributed by atoms with Crippen LogP contribution in [0.2, 0.25) is 0 Å². The van der Waals surface area contributed by atoms with Gasteiger partial charge < -0.3 is 5.32 Å². The van der Waals surface area contributed by atoms with Crippen molar-refractivity contribution in [3.63, 3.8) is 0 Å². The van der Waals surface area contributed by atoms with Crippen LogP contribution in [-0.4, -0.2) is 13.1 Å². The lowest BCUT2D eigenvalue weighted by Crippen LogP contribution is -2.36. The Morgan fingerprint density at radius 1 is 1.00 bits per heavy atom. The Kier molecular flexibility index (Phi) is 5.54. The van der Waals surface area contributed by atoms with Crippen molar-refractivity contribution in [3.05, 3.63) is 0 Å². The van der Waals surface area contributed by atoms with Crippen LogP contribution in [0.1, 0.15) is 78.1 Å². The summed E-state index contributed by atoms with van der Waals surface area (Å²) in [5.74, 6) is 1.84. The SMILES string of the molecule is CC(C)CNCC1(CC2CCCCC2)CCCC1. The lowest BCUT2D eigenvalue weighted by Gasteiger charge is -2.35. The van der Waals surface area contributed by atoms with E-state index in [1.165, 1.54) is 77.3 Å². The van der Waals surface area contributed by atoms with E-state index in [9.17, 15) is 0 Å². The molecular formula is C17H33N. The second-order valence-electron chi connectivity index (χ2n) is 7.44. The highest BCUT2D eigenvalue weighted by Gasteiger charge is 2.35. The van der Waals surface area contributed by atoms with Gasteiger partial charge >= 0.3 is 0 Å². The predicted octanol–water partition coefficient (Wildman–Crippen LogP) is 4.76. The van der Waals surface area contributed by atoms with E-state index < -0.39 is 0 Å². The minimum Gasteiger partial charge on any atom is -0.316 e. The molecule has 0 saturated heterocycles. The van der Waals surface area contributed by atoms with Gasteiger partial charge in [0.2, 0.25) is 0 Å². The minimum absolute atomic E-state index is 0.677. The summed E-state index contributed by atoms with van der Waals surface area (Å²) >= 11 is 0. The molecule has 0 atom stereocenters. The molecule has 0 aromatic carbocycles. The van der Waals surface area contributed by atoms with Crippen LogP contribution in [0.3, 0.4) is 0 Å². The molecule has 0 heterocycles. The van der Waals surface area contributed by atoms with Crippen LogP contribution in [0.4, 0.5) is 0 Å². The van der Waals surface area contributed by atoms with E-state index >= 15 is 0 Å². The summed E-state index contributed by atoms with van der Waals surface area (Å²) in [6, 6.07) is 0. The molecule has 2 aliphatic rings. The normalized spacial score (nSPS) is 24.8. The van der Waals surface area contributed by atoms with Gasteiger partial charge in [0.25, 0.3) is 0 Å². The summed E-state index contributed by atoms with van der Waals surface area (Å²) in [5.41, 5.74) is 0.677. The smallest absolute Gasteiger partial charge is 0.000802 e. The van der Waals surface area contributed by atoms with Crippen LogP contribution < -0.4 is 5.32 Å². The molecule has 0 aliphatic heterocycles. The summed E-state index contributed by atoms with van der Waals surface area (Å²) in [4.78, 5) is 0. The van der Waals surface area contributed by atoms with Crippen LogP contribution in [-0.2, 0) is 0 Å². The van der Waals surface area contributed by atoms with E-state index in [0.29, 0.717) is 5.41 Å². The third-order valence-electron chi connectivity index (χ3n) is 5.16. The van der Waals surface area contributed by atoms with Crippen molar-refractivity contribution in [2.45, 2.75) is 78.1 Å². The predicted molar refractivity (Wildman–Crippen MR) is 79.8 cm³/mol. The zero-order valence-electron chi connectivity index (χ0n) is 12.6. The maximum atomic E-state index is 3.76. The first-order chi connectivity index (χ1) is 8.70. The van der Waals surface area contributed by atoms with Crippen molar-refractivity contribution in [2.75, 3.05) is 13.1 Å². The summed E-state index contributed by atoms with van der Waals surface area (Å²) < 4.78 is 0. The van der Waals surface area contributed by atoms with Crippen LogP contribution >= 0.6 is 0 Å². The van der Waals surface area contributed by atoms with Gasteiger partial charge in [0.1, 0.15) is 0 Å². The molecule has 0 radical (unpaired) electrons. The Morgan fingerprint density at radius 3 is 2.28 bits per heavy atom. The molecule has 0 spiro atoms. The summed E-state index contributed by atoms with van der Waals surface area (Å²) in [6.45, 7) is 7.12. The molecule has 18 heavy (non-hydrogen) atoms. The van der Waals surface area contributed by atoms with E-state index in [1.54, 1.807) is 0 Å². The molecule has 1 nitrogen and oxygen atoms in total. The Bertz CT molecular complexity index is 222. The first kappa shape index (κ1) is 14.4. The molecule has 0 bridgehead atoms. The van der Waals surface area contributed by atoms with Crippen molar-refractivity contribution in [1.29, 1.82) is 0 Å². The Labute approximate surface area is 114 Å². The fourth-order valence-electron chi connectivity index (χ4n) is 4.21. The van der Waals surface area contributed by atoms with E-state index in [2.05, 4.69) is 19.2 Å². The number of hydrogen-bond acceptors (Lipinski definition) is 1. The number of nitrogens with one attached hydrogen (secondary N) is 1. The molecule has 0 unspecified atom stereocenters. The monoisotopic (exact) mass is 251 g/mol. The van der Waals surface area contributed by atoms with Crippen molar-refractivity contribution >= 4 is 0 Å². The standard InChI is InChI=1S/C17H33N/c1-15(2)13-18-14-17(10-6-7-11-17)12-16-8-4-3-5-9-16/h15-16,18H,3-14H2,1-2H3. The summed E-state index contributed by atoms with van der Waals surface area (Å²) in [6.07, 6.45) is 15.0. The van der Waals surface area contributed by atoms with Gasteiger partial charge in [-0.1, -0.05) is 58.8 Å². The Balaban J connectivity index is 1.81. The molecule has 0 aromatic rings. The van der Waals surface area contributed by atoms with E-state index in [1.807, 2.05) is 0 Å². The van der Waals surface area contributed by atoms with E-state index in [-0.39, 0.29) is 0 Å². The average molecular weight is 251 g/mol. The van der Waals surface area contributed by atoms with Gasteiger partial charge in [-0.05, 0) is 43.1 Å². The number of rotatable bonds is 6. The highest BCUT2D eigenvalue weighted by atomic mass is 14.9. The third kappa shape index (κ3) is 4.26. The van der Waals surface area contributed by atoms with Crippen molar-refractivity contribution in [1.82, 2.24) is 5.32 Å². The molecule has 1 N–H and O–H groups in total. The maximum Gasteiger partial charge on any atom is 0.000802 e. The topological polar surface area (TPSA) is 12.0 Å². The Morgan fingerprint density at radius 2 is 1.67 bits per heavy atom. The molecule has 0 amide bonds. The van der Waals surface area contributed by atoms with Gasteiger partial charge in [-0.3, -0.25) is 0 Å². The fraction of sp³-hybridized carbons (Fsp3) is 1.00. The summed E-state index contributed by atoms with van der Waals surface area (Å²) in [7, 11) is 0. The molecule has 2 fully saturated rings. The van der Waals surface area contributed by atoms with Crippen molar-refractivity contribution < 1.29 is 0 Å². The van der Waals surface area contributed by atoms with Gasteiger partial charge in [0.15, 0.2) is 0 Å². The number of hydrogen-bond donors (Lipinski definition) is 1. The fourth-order valence-corrected chi connectivity index (χ4v) is 4.21. The molecular weight excluding hydrogens is 218 g/mol. The molecule has 1 heteroatoms. The van der Waals surface area contributed by atoms with Crippen molar-refractivity contribution in [3.8, 4) is 0 Å². The molecule has 2 rings (SSSR count). The zero-order chi connectivity index (χ0) is 12.8. The lowest BCUT2D eigenvalue weighted by molar-refractivity contribution is 0.180. The molecule has 0 aromatic heterocycles. The zero-order valence-corrected chi connectivity index (χ0v) is 12.6. The quantitative estimate of drug-likeness (QED) is 0.717. The molecule has 106 valence electrons. The van der Waals surface area contributed by atoms with Gasteiger partial charge in [-0.25, -0.2) is 0 Å². The Hall–Kier alpha value is -0.0400. The van der Waals surface area contributed by atoms with Crippen LogP contribution in [0.25, 0.3) is 0 Å². The second-order valence-corrected chi connectivity index (χ2v) is 7.44. The minimum atomic E-state index is 0.677. The van der Waals surface area contributed by atoms with Gasteiger partial charge in [0.05, 0.1) is 0 Å². The van der Waals surface area contributed by atoms with Crippen LogP contribution in [0.5, 0.6) is 0 Å². The molecule has 2 saturated carbocycles. The largest absolute Gasteiger partial charge is 0.316 e. The van der Waals surface area contributed by atoms with Crippen LogP contribution in [0.15, 0.2) is 0 Å². The van der Waals surface area contributed by atoms with Crippen LogP contribution in [0, 0.1) is 17.3 Å². The summed E-state index contributed by atoms with van der Waals surface area (Å²) in [5, 5.41) is 3.76. The first-order valence-corrected chi connectivity index (χ1v) is 8.41. The van der Waals surface area contributed by atoms with Crippen molar-refractivity contribution in [2.24, 2.45) is 17.3 Å². The highest BCUT2D eigenvalue weighted by molar-refractivity contribution is 4.89. The molecule has 2 aliphatic carbocycles. The maximum absolute atomic E-state index is 3.76. The first-order valence-electron chi connectivity index (χ1n) is 8.41. The lowest BCUT2D eigenvalue weighted by atomic mass is 9.73. The second kappa shape index (κ2) is 6.93. The average Bonchev–Trinajstić information content (AvgIpc) is 2.78. The van der Waals surface area contributed by atoms with E-state index in [4.69, 9.17) is 0 Å². The van der Waals surface area contributed by atoms with Gasteiger partial charge in [-0.15, -0.1) is 0 Å². The van der Waals surface area contributed by atoms with Gasteiger partial charge in [-0.2, -0.15) is 0 Å². The highest BCUT2D eigenvalue weighted by Crippen LogP contribution is 2.45. The van der Waals surface area contributed by atoms with Gasteiger partial charge in [0, 0.05) is 6.54 Å². The van der Waals surface area contributed by atoms with E-state index in [0.717, 1.165) is 11.8 Å².